The molecule has 1 aromatic carbocycles. The second-order valence-electron chi connectivity index (χ2n) is 6.99. The molecule has 0 bridgehead atoms. The van der Waals surface area contributed by atoms with Gasteiger partial charge in [-0.3, -0.25) is 0 Å². The zero-order valence-electron chi connectivity index (χ0n) is 17.7. The standard InChI is InChI=1S/C17H5F17O5.ClH/c18-7(8(19)39-6-2-4(9(35)36)1-5(3-6)10(37)38)11(20,21)12(22,23)13(24,25)14(26,27)15(28,29)16(30,31)17(32,33)34;/h1-3H,(H,35,36)(H,37,38);1H. The number of hydrogen-bond donors (Lipinski definition) is 2. The van der Waals surface area contributed by atoms with E-state index in [-0.39, 0.29) is 30.6 Å². The predicted octanol–water partition coefficient (Wildman–Crippen LogP) is 7.37. The van der Waals surface area contributed by atoms with Crippen molar-refractivity contribution >= 4 is 24.3 Å². The lowest BCUT2D eigenvalue weighted by molar-refractivity contribution is -0.451. The molecule has 5 nitrogen and oxygen atoms in total. The van der Waals surface area contributed by atoms with Gasteiger partial charge in [0.05, 0.1) is 11.1 Å². The van der Waals surface area contributed by atoms with E-state index in [0.717, 1.165) is 0 Å². The minimum atomic E-state index is -8.75. The Morgan fingerprint density at radius 1 is 0.575 bits per heavy atom. The van der Waals surface area contributed by atoms with Crippen LogP contribution in [0.25, 0.3) is 0 Å². The molecule has 0 aliphatic carbocycles. The molecule has 0 aliphatic heterocycles. The van der Waals surface area contributed by atoms with E-state index >= 15 is 0 Å². The highest BCUT2D eigenvalue weighted by atomic mass is 35.5. The summed E-state index contributed by atoms with van der Waals surface area (Å²) in [6.45, 7) is 0. The Morgan fingerprint density at radius 3 is 1.23 bits per heavy atom. The van der Waals surface area contributed by atoms with Gasteiger partial charge < -0.3 is 14.9 Å². The predicted molar refractivity (Wildman–Crippen MR) is 93.2 cm³/mol. The zero-order valence-corrected chi connectivity index (χ0v) is 18.5. The molecule has 230 valence electrons. The van der Waals surface area contributed by atoms with Crippen LogP contribution in [0.4, 0.5) is 74.6 Å². The molecule has 0 radical (unpaired) electrons. The van der Waals surface area contributed by atoms with Crippen LogP contribution >= 0.6 is 12.4 Å². The molecule has 1 aromatic rings. The van der Waals surface area contributed by atoms with Crippen LogP contribution in [0.2, 0.25) is 0 Å². The first-order valence-electron chi connectivity index (χ1n) is 8.71. The highest BCUT2D eigenvalue weighted by Gasteiger charge is 2.93. The fourth-order valence-corrected chi connectivity index (χ4v) is 2.28. The van der Waals surface area contributed by atoms with Gasteiger partial charge in [-0.15, -0.1) is 12.4 Å². The number of alkyl halides is 15. The van der Waals surface area contributed by atoms with Crippen LogP contribution in [-0.4, -0.2) is 63.9 Å². The first-order chi connectivity index (χ1) is 17.0. The number of rotatable bonds is 10. The zero-order chi connectivity index (χ0) is 31.4. The molecule has 0 atom stereocenters. The van der Waals surface area contributed by atoms with E-state index in [1.807, 2.05) is 0 Å². The summed E-state index contributed by atoms with van der Waals surface area (Å²) in [5.41, 5.74) is -2.43. The normalized spacial score (nSPS) is 14.7. The highest BCUT2D eigenvalue weighted by molar-refractivity contribution is 5.94. The molecule has 40 heavy (non-hydrogen) atoms. The van der Waals surface area contributed by atoms with Gasteiger partial charge in [-0.2, -0.15) is 74.6 Å². The molecule has 0 saturated carbocycles. The molecule has 0 aromatic heterocycles. The number of carboxylic acids is 2. The Kier molecular flexibility index (Phi) is 9.80. The van der Waals surface area contributed by atoms with Gasteiger partial charge in [-0.25, -0.2) is 9.59 Å². The molecule has 1 rings (SSSR count). The Balaban J connectivity index is 0.0000152. The summed E-state index contributed by atoms with van der Waals surface area (Å²) in [6, 6.07) is -3.65. The molecule has 0 amide bonds. The van der Waals surface area contributed by atoms with Crippen LogP contribution in [-0.2, 0) is 0 Å². The van der Waals surface area contributed by atoms with Crippen molar-refractivity contribution in [1.29, 1.82) is 0 Å². The van der Waals surface area contributed by atoms with Gasteiger partial charge in [0, 0.05) is 0 Å². The van der Waals surface area contributed by atoms with Crippen molar-refractivity contribution in [2.24, 2.45) is 0 Å². The Hall–Kier alpha value is -3.20. The Morgan fingerprint density at radius 2 is 0.900 bits per heavy atom. The lowest BCUT2D eigenvalue weighted by Gasteiger charge is -2.41. The minimum absolute atomic E-state index is 0. The van der Waals surface area contributed by atoms with Crippen molar-refractivity contribution in [3.8, 4) is 5.75 Å². The fraction of sp³-hybridized carbons (Fsp3) is 0.412. The monoisotopic (exact) mass is 648 g/mol. The molecule has 0 saturated heterocycles. The fourth-order valence-electron chi connectivity index (χ4n) is 2.28. The third-order valence-corrected chi connectivity index (χ3v) is 4.38. The topological polar surface area (TPSA) is 83.8 Å². The van der Waals surface area contributed by atoms with Gasteiger partial charge >= 0.3 is 59.7 Å². The average Bonchev–Trinajstić information content (AvgIpc) is 2.76. The van der Waals surface area contributed by atoms with Crippen LogP contribution in [0.1, 0.15) is 20.7 Å². The molecule has 0 unspecified atom stereocenters. The quantitative estimate of drug-likeness (QED) is 0.205. The molecular formula is C17H6ClF17O5. The number of aromatic carboxylic acids is 2. The molecule has 0 fully saturated rings. The second-order valence-corrected chi connectivity index (χ2v) is 6.99. The van der Waals surface area contributed by atoms with E-state index in [4.69, 9.17) is 10.2 Å². The number of allylic oxidation sites excluding steroid dienone is 1. The van der Waals surface area contributed by atoms with Gasteiger partial charge in [0.25, 0.3) is 0 Å². The maximum atomic E-state index is 13.8. The van der Waals surface area contributed by atoms with Crippen molar-refractivity contribution in [1.82, 2.24) is 0 Å². The summed E-state index contributed by atoms with van der Waals surface area (Å²) in [6.07, 6.45) is -7.86. The van der Waals surface area contributed by atoms with E-state index in [9.17, 15) is 84.2 Å². The molecule has 2 N–H and O–H groups in total. The molecule has 0 heterocycles. The van der Waals surface area contributed by atoms with E-state index in [0.29, 0.717) is 0 Å². The van der Waals surface area contributed by atoms with E-state index in [1.165, 1.54) is 0 Å². The van der Waals surface area contributed by atoms with Crippen LogP contribution in [0.3, 0.4) is 0 Å². The third kappa shape index (κ3) is 5.53. The largest absolute Gasteiger partial charge is 0.478 e. The number of carboxylic acid groups (broad SMARTS) is 2. The SMILES string of the molecule is Cl.O=C(O)c1cc(OC(F)=C(F)C(F)(F)C(F)(F)C(F)(F)C(F)(F)C(F)(F)C(F)(F)C(F)(F)F)cc(C(=O)O)c1. The first kappa shape index (κ1) is 36.8. The highest BCUT2D eigenvalue weighted by Crippen LogP contribution is 2.63. The van der Waals surface area contributed by atoms with Crippen molar-refractivity contribution in [2.75, 3.05) is 0 Å². The van der Waals surface area contributed by atoms with Crippen LogP contribution in [0.15, 0.2) is 30.0 Å². The van der Waals surface area contributed by atoms with Gasteiger partial charge in [-0.05, 0) is 18.2 Å². The summed E-state index contributed by atoms with van der Waals surface area (Å²) >= 11 is 0. The summed E-state index contributed by atoms with van der Waals surface area (Å²) < 4.78 is 228. The average molecular weight is 649 g/mol. The summed E-state index contributed by atoms with van der Waals surface area (Å²) in [5.74, 6) is -61.1. The maximum Gasteiger partial charge on any atom is 0.460 e. The number of ether oxygens (including phenoxy) is 1. The van der Waals surface area contributed by atoms with Crippen molar-refractivity contribution < 1.29 is 99.2 Å². The van der Waals surface area contributed by atoms with Gasteiger partial charge in [0.1, 0.15) is 5.75 Å². The molecular weight excluding hydrogens is 643 g/mol. The second kappa shape index (κ2) is 10.7. The van der Waals surface area contributed by atoms with Crippen LogP contribution in [0.5, 0.6) is 5.75 Å². The van der Waals surface area contributed by atoms with E-state index in [2.05, 4.69) is 4.74 Å². The van der Waals surface area contributed by atoms with Crippen LogP contribution < -0.4 is 4.74 Å². The van der Waals surface area contributed by atoms with Gasteiger partial charge in [0.15, 0.2) is 0 Å². The summed E-state index contributed by atoms with van der Waals surface area (Å²) in [7, 11) is 0. The van der Waals surface area contributed by atoms with Crippen molar-refractivity contribution in [3.63, 3.8) is 0 Å². The number of benzene rings is 1. The molecule has 23 heteroatoms. The number of halogens is 18. The smallest absolute Gasteiger partial charge is 0.460 e. The molecule has 0 spiro atoms. The first-order valence-corrected chi connectivity index (χ1v) is 8.71. The maximum absolute atomic E-state index is 13.8. The summed E-state index contributed by atoms with van der Waals surface area (Å²) in [5, 5.41) is 17.5. The van der Waals surface area contributed by atoms with E-state index in [1.54, 1.807) is 0 Å². The lowest BCUT2D eigenvalue weighted by Crippen LogP contribution is -2.72. The summed E-state index contributed by atoms with van der Waals surface area (Å²) in [4.78, 5) is 21.7. The van der Waals surface area contributed by atoms with Gasteiger partial charge in [0.2, 0.25) is 5.83 Å². The van der Waals surface area contributed by atoms with Gasteiger partial charge in [-0.1, -0.05) is 0 Å². The van der Waals surface area contributed by atoms with Crippen LogP contribution in [0, 0.1) is 0 Å². The van der Waals surface area contributed by atoms with E-state index < -0.39 is 82.4 Å². The van der Waals surface area contributed by atoms with Crippen molar-refractivity contribution in [3.05, 3.63) is 41.2 Å². The van der Waals surface area contributed by atoms with Crippen molar-refractivity contribution in [2.45, 2.75) is 41.7 Å². The minimum Gasteiger partial charge on any atom is -0.478 e. The number of hydrogen-bond acceptors (Lipinski definition) is 3. The Labute approximate surface area is 213 Å². The third-order valence-electron chi connectivity index (χ3n) is 4.38. The number of carbonyl (C=O) groups is 2. The molecule has 0 aliphatic rings. The Bertz CT molecular complexity index is 1140. The lowest BCUT2D eigenvalue weighted by atomic mass is 9.91.